The maximum Gasteiger partial charge on any atom is 0.251 e. The Kier molecular flexibility index (Phi) is 4.73. The summed E-state index contributed by atoms with van der Waals surface area (Å²) in [6.45, 7) is 0.155. The zero-order valence-electron chi connectivity index (χ0n) is 10.4. The minimum absolute atomic E-state index is 0.126. The van der Waals surface area contributed by atoms with E-state index in [9.17, 15) is 9.59 Å². The van der Waals surface area contributed by atoms with Crippen LogP contribution in [-0.4, -0.2) is 23.3 Å². The molecule has 0 bridgehead atoms. The topological polar surface area (TPSA) is 84.2 Å². The first-order valence-corrected chi connectivity index (χ1v) is 6.22. The molecule has 6 nitrogen and oxygen atoms in total. The van der Waals surface area contributed by atoms with Crippen molar-refractivity contribution >= 4 is 23.4 Å². The van der Waals surface area contributed by atoms with Crippen molar-refractivity contribution in [2.75, 3.05) is 6.54 Å². The number of amides is 2. The number of rotatable bonds is 5. The van der Waals surface area contributed by atoms with Gasteiger partial charge in [0, 0.05) is 11.8 Å². The Morgan fingerprint density at radius 3 is 2.85 bits per heavy atom. The van der Waals surface area contributed by atoms with Crippen LogP contribution in [0.1, 0.15) is 16.1 Å². The fourth-order valence-corrected chi connectivity index (χ4v) is 1.64. The highest BCUT2D eigenvalue weighted by Gasteiger charge is 2.08. The van der Waals surface area contributed by atoms with Gasteiger partial charge in [0.1, 0.15) is 10.9 Å². The molecule has 0 aliphatic heterocycles. The van der Waals surface area contributed by atoms with Crippen LogP contribution in [-0.2, 0) is 11.3 Å². The van der Waals surface area contributed by atoms with E-state index in [2.05, 4.69) is 15.6 Å². The summed E-state index contributed by atoms with van der Waals surface area (Å²) < 4.78 is 5.07. The minimum Gasteiger partial charge on any atom is -0.467 e. The Morgan fingerprint density at radius 1 is 1.30 bits per heavy atom. The zero-order valence-corrected chi connectivity index (χ0v) is 11.2. The molecule has 20 heavy (non-hydrogen) atoms. The predicted molar refractivity (Wildman–Crippen MR) is 72.1 cm³/mol. The van der Waals surface area contributed by atoms with Crippen molar-refractivity contribution in [3.63, 3.8) is 0 Å². The van der Waals surface area contributed by atoms with Crippen LogP contribution in [0.3, 0.4) is 0 Å². The van der Waals surface area contributed by atoms with Gasteiger partial charge in [-0.05, 0) is 24.3 Å². The highest BCUT2D eigenvalue weighted by atomic mass is 35.5. The Morgan fingerprint density at radius 2 is 2.15 bits per heavy atom. The monoisotopic (exact) mass is 293 g/mol. The van der Waals surface area contributed by atoms with Crippen molar-refractivity contribution in [3.05, 3.63) is 53.2 Å². The third-order valence-electron chi connectivity index (χ3n) is 2.44. The number of hydrogen-bond donors (Lipinski definition) is 2. The standard InChI is InChI=1S/C13H12ClN3O3/c14-11-6-9(3-4-15-11)13(19)17-8-12(18)16-7-10-2-1-5-20-10/h1-6H,7-8H2,(H,16,18)(H,17,19). The lowest BCUT2D eigenvalue weighted by atomic mass is 10.2. The van der Waals surface area contributed by atoms with Crippen LogP contribution in [0, 0.1) is 0 Å². The average Bonchev–Trinajstić information content (AvgIpc) is 2.95. The van der Waals surface area contributed by atoms with Crippen molar-refractivity contribution in [1.82, 2.24) is 15.6 Å². The molecule has 2 rings (SSSR count). The molecule has 0 atom stereocenters. The third-order valence-corrected chi connectivity index (χ3v) is 2.64. The first-order chi connectivity index (χ1) is 9.65. The van der Waals surface area contributed by atoms with E-state index in [4.69, 9.17) is 16.0 Å². The first-order valence-electron chi connectivity index (χ1n) is 5.84. The lowest BCUT2D eigenvalue weighted by molar-refractivity contribution is -0.120. The number of aromatic nitrogens is 1. The molecule has 0 radical (unpaired) electrons. The molecular weight excluding hydrogens is 282 g/mol. The van der Waals surface area contributed by atoms with E-state index in [1.165, 1.54) is 24.6 Å². The van der Waals surface area contributed by atoms with E-state index in [0.29, 0.717) is 11.3 Å². The number of pyridine rings is 1. The summed E-state index contributed by atoms with van der Waals surface area (Å²) in [5.74, 6) is -0.0528. The van der Waals surface area contributed by atoms with Gasteiger partial charge in [-0.2, -0.15) is 0 Å². The summed E-state index contributed by atoms with van der Waals surface area (Å²) in [6.07, 6.45) is 2.95. The van der Waals surface area contributed by atoms with Crippen molar-refractivity contribution < 1.29 is 14.0 Å². The van der Waals surface area contributed by atoms with E-state index < -0.39 is 0 Å². The molecule has 2 heterocycles. The van der Waals surface area contributed by atoms with Crippen LogP contribution in [0.4, 0.5) is 0 Å². The maximum absolute atomic E-state index is 11.7. The highest BCUT2D eigenvalue weighted by molar-refractivity contribution is 6.29. The van der Waals surface area contributed by atoms with Gasteiger partial charge in [-0.3, -0.25) is 9.59 Å². The first kappa shape index (κ1) is 14.1. The smallest absolute Gasteiger partial charge is 0.251 e. The lowest BCUT2D eigenvalue weighted by Crippen LogP contribution is -2.36. The fraction of sp³-hybridized carbons (Fsp3) is 0.154. The van der Waals surface area contributed by atoms with Gasteiger partial charge in [-0.25, -0.2) is 4.98 Å². The van der Waals surface area contributed by atoms with Gasteiger partial charge in [0.05, 0.1) is 19.4 Å². The van der Waals surface area contributed by atoms with Crippen LogP contribution in [0.2, 0.25) is 5.15 Å². The second-order valence-electron chi connectivity index (χ2n) is 3.91. The molecule has 2 amide bonds. The molecule has 0 unspecified atom stereocenters. The number of carbonyl (C=O) groups excluding carboxylic acids is 2. The molecule has 0 aliphatic carbocycles. The number of nitrogens with zero attached hydrogens (tertiary/aromatic N) is 1. The molecule has 2 aromatic heterocycles. The van der Waals surface area contributed by atoms with Crippen molar-refractivity contribution in [3.8, 4) is 0 Å². The van der Waals surface area contributed by atoms with Crippen molar-refractivity contribution in [1.29, 1.82) is 0 Å². The molecule has 0 aromatic carbocycles. The molecule has 2 N–H and O–H groups in total. The van der Waals surface area contributed by atoms with E-state index in [1.807, 2.05) is 0 Å². The van der Waals surface area contributed by atoms with Gasteiger partial charge < -0.3 is 15.1 Å². The normalized spacial score (nSPS) is 10.1. The van der Waals surface area contributed by atoms with Gasteiger partial charge in [0.15, 0.2) is 0 Å². The fourth-order valence-electron chi connectivity index (χ4n) is 1.47. The highest BCUT2D eigenvalue weighted by Crippen LogP contribution is 2.06. The Bertz CT molecular complexity index is 599. The summed E-state index contributed by atoms with van der Waals surface area (Å²) in [4.78, 5) is 27.0. The Hall–Kier alpha value is -2.34. The summed E-state index contributed by atoms with van der Waals surface area (Å²) in [5, 5.41) is 5.33. The molecular formula is C13H12ClN3O3. The molecule has 0 fully saturated rings. The van der Waals surface area contributed by atoms with Gasteiger partial charge in [-0.1, -0.05) is 11.6 Å². The number of halogens is 1. The largest absolute Gasteiger partial charge is 0.467 e. The van der Waals surface area contributed by atoms with Crippen LogP contribution in [0.5, 0.6) is 0 Å². The average molecular weight is 294 g/mol. The molecule has 0 spiro atoms. The van der Waals surface area contributed by atoms with Crippen LogP contribution < -0.4 is 10.6 Å². The van der Waals surface area contributed by atoms with E-state index >= 15 is 0 Å². The Balaban J connectivity index is 1.77. The van der Waals surface area contributed by atoms with E-state index in [0.717, 1.165) is 0 Å². The second kappa shape index (κ2) is 6.72. The number of carbonyl (C=O) groups is 2. The lowest BCUT2D eigenvalue weighted by Gasteiger charge is -2.06. The molecule has 2 aromatic rings. The maximum atomic E-state index is 11.7. The summed E-state index contributed by atoms with van der Waals surface area (Å²) in [6, 6.07) is 6.42. The minimum atomic E-state index is -0.387. The summed E-state index contributed by atoms with van der Waals surface area (Å²) in [5.41, 5.74) is 0.351. The molecule has 104 valence electrons. The Labute approximate surface area is 120 Å². The SMILES string of the molecule is O=C(CNC(=O)c1ccnc(Cl)c1)NCc1ccco1. The molecule has 0 saturated carbocycles. The number of hydrogen-bond acceptors (Lipinski definition) is 4. The van der Waals surface area contributed by atoms with Gasteiger partial charge in [0.2, 0.25) is 5.91 Å². The van der Waals surface area contributed by atoms with Crippen molar-refractivity contribution in [2.45, 2.75) is 6.54 Å². The summed E-state index contributed by atoms with van der Waals surface area (Å²) >= 11 is 5.68. The predicted octanol–water partition coefficient (Wildman–Crippen LogP) is 1.37. The van der Waals surface area contributed by atoms with Crippen LogP contribution in [0.25, 0.3) is 0 Å². The number of nitrogens with one attached hydrogen (secondary N) is 2. The molecule has 0 aliphatic rings. The third kappa shape index (κ3) is 4.10. The molecule has 0 saturated heterocycles. The zero-order chi connectivity index (χ0) is 14.4. The van der Waals surface area contributed by atoms with Gasteiger partial charge >= 0.3 is 0 Å². The van der Waals surface area contributed by atoms with E-state index in [-0.39, 0.29) is 30.1 Å². The van der Waals surface area contributed by atoms with Crippen LogP contribution in [0.15, 0.2) is 41.1 Å². The van der Waals surface area contributed by atoms with Gasteiger partial charge in [0.25, 0.3) is 5.91 Å². The van der Waals surface area contributed by atoms with Crippen LogP contribution >= 0.6 is 11.6 Å². The molecule has 7 heteroatoms. The second-order valence-corrected chi connectivity index (χ2v) is 4.29. The summed E-state index contributed by atoms with van der Waals surface area (Å²) in [7, 11) is 0. The number of furan rings is 1. The van der Waals surface area contributed by atoms with E-state index in [1.54, 1.807) is 12.1 Å². The van der Waals surface area contributed by atoms with Crippen molar-refractivity contribution in [2.24, 2.45) is 0 Å². The quantitative estimate of drug-likeness (QED) is 0.816. The van der Waals surface area contributed by atoms with Gasteiger partial charge in [-0.15, -0.1) is 0 Å².